The van der Waals surface area contributed by atoms with Crippen molar-refractivity contribution in [3.05, 3.63) is 46.2 Å². The van der Waals surface area contributed by atoms with Crippen LogP contribution in [-0.2, 0) is 6.42 Å². The van der Waals surface area contributed by atoms with E-state index in [1.165, 1.54) is 62.1 Å². The number of nitrogens with zero attached hydrogens (tertiary/aromatic N) is 1. The normalized spacial score (nSPS) is 21.3. The third kappa shape index (κ3) is 2.67. The lowest BCUT2D eigenvalue weighted by Crippen LogP contribution is -2.18. The summed E-state index contributed by atoms with van der Waals surface area (Å²) in [5.74, 6) is 0. The number of fused-ring (bicyclic) bond motifs is 1. The second-order valence-corrected chi connectivity index (χ2v) is 7.13. The predicted molar refractivity (Wildman–Crippen MR) is 91.5 cm³/mol. The molecule has 0 bridgehead atoms. The van der Waals surface area contributed by atoms with Gasteiger partial charge < -0.3 is 10.2 Å². The fourth-order valence-electron chi connectivity index (χ4n) is 3.58. The first-order chi connectivity index (χ1) is 10.4. The van der Waals surface area contributed by atoms with Gasteiger partial charge in [-0.1, -0.05) is 0 Å². The van der Waals surface area contributed by atoms with Crippen LogP contribution in [0.4, 0.5) is 11.4 Å². The first-order valence-electron chi connectivity index (χ1n) is 8.08. The Morgan fingerprint density at radius 2 is 1.81 bits per heavy atom. The summed E-state index contributed by atoms with van der Waals surface area (Å²) in [4.78, 5) is 4.06. The minimum absolute atomic E-state index is 0.498. The topological polar surface area (TPSA) is 15.3 Å². The van der Waals surface area contributed by atoms with Crippen LogP contribution in [0.3, 0.4) is 0 Å². The first kappa shape index (κ1) is 13.2. The van der Waals surface area contributed by atoms with E-state index in [1.54, 1.807) is 4.88 Å². The molecule has 0 spiro atoms. The first-order valence-corrected chi connectivity index (χ1v) is 8.96. The monoisotopic (exact) mass is 298 g/mol. The quantitative estimate of drug-likeness (QED) is 0.872. The molecule has 2 aliphatic rings. The molecule has 1 aliphatic carbocycles. The minimum atomic E-state index is 0.498. The summed E-state index contributed by atoms with van der Waals surface area (Å²) in [6, 6.07) is 11.8. The molecule has 0 saturated carbocycles. The predicted octanol–water partition coefficient (Wildman–Crippen LogP) is 4.84. The second kappa shape index (κ2) is 5.72. The van der Waals surface area contributed by atoms with E-state index in [9.17, 15) is 0 Å². The number of hydrogen-bond acceptors (Lipinski definition) is 3. The van der Waals surface area contributed by atoms with Crippen LogP contribution in [0.25, 0.3) is 0 Å². The zero-order valence-corrected chi connectivity index (χ0v) is 13.2. The summed E-state index contributed by atoms with van der Waals surface area (Å²) >= 11 is 1.91. The maximum absolute atomic E-state index is 3.73. The van der Waals surface area contributed by atoms with Crippen molar-refractivity contribution in [3.63, 3.8) is 0 Å². The highest BCUT2D eigenvalue weighted by molar-refractivity contribution is 7.10. The van der Waals surface area contributed by atoms with Gasteiger partial charge in [0.1, 0.15) is 0 Å². The zero-order valence-electron chi connectivity index (χ0n) is 12.3. The highest BCUT2D eigenvalue weighted by atomic mass is 32.1. The van der Waals surface area contributed by atoms with E-state index in [0.29, 0.717) is 6.04 Å². The molecule has 0 radical (unpaired) electrons. The van der Waals surface area contributed by atoms with Crippen LogP contribution >= 0.6 is 11.3 Å². The molecule has 21 heavy (non-hydrogen) atoms. The van der Waals surface area contributed by atoms with Gasteiger partial charge in [0.2, 0.25) is 0 Å². The third-order valence-corrected chi connectivity index (χ3v) is 5.73. The van der Waals surface area contributed by atoms with Crippen LogP contribution in [0.1, 0.15) is 42.2 Å². The van der Waals surface area contributed by atoms with Gasteiger partial charge in [0.25, 0.3) is 0 Å². The second-order valence-electron chi connectivity index (χ2n) is 6.13. The number of nitrogens with one attached hydrogen (secondary N) is 1. The lowest BCUT2D eigenvalue weighted by Gasteiger charge is -2.25. The highest BCUT2D eigenvalue weighted by Gasteiger charge is 2.21. The lowest BCUT2D eigenvalue weighted by molar-refractivity contribution is 0.609. The van der Waals surface area contributed by atoms with Gasteiger partial charge in [-0.05, 0) is 73.4 Å². The fraction of sp³-hybridized carbons (Fsp3) is 0.444. The Balaban J connectivity index is 1.48. The van der Waals surface area contributed by atoms with Gasteiger partial charge in [-0.15, -0.1) is 11.3 Å². The van der Waals surface area contributed by atoms with Gasteiger partial charge in [0, 0.05) is 29.3 Å². The SMILES string of the molecule is c1cc2c(s1)CCCC2Nc1ccc(N2CCCC2)cc1. The number of anilines is 2. The van der Waals surface area contributed by atoms with Crippen LogP contribution < -0.4 is 10.2 Å². The molecule has 1 atom stereocenters. The number of aryl methyl sites for hydroxylation is 1. The van der Waals surface area contributed by atoms with Crippen molar-refractivity contribution in [2.45, 2.75) is 38.1 Å². The van der Waals surface area contributed by atoms with Crippen molar-refractivity contribution < 1.29 is 0 Å². The Bertz CT molecular complexity index is 596. The molecule has 0 amide bonds. The van der Waals surface area contributed by atoms with Crippen LogP contribution in [0, 0.1) is 0 Å². The zero-order chi connectivity index (χ0) is 14.1. The van der Waals surface area contributed by atoms with Crippen molar-refractivity contribution in [2.24, 2.45) is 0 Å². The summed E-state index contributed by atoms with van der Waals surface area (Å²) < 4.78 is 0. The van der Waals surface area contributed by atoms with E-state index in [0.717, 1.165) is 0 Å². The number of hydrogen-bond donors (Lipinski definition) is 1. The van der Waals surface area contributed by atoms with Crippen molar-refractivity contribution in [3.8, 4) is 0 Å². The number of benzene rings is 1. The molecule has 1 N–H and O–H groups in total. The van der Waals surface area contributed by atoms with Crippen LogP contribution in [-0.4, -0.2) is 13.1 Å². The molecule has 4 rings (SSSR count). The van der Waals surface area contributed by atoms with Gasteiger partial charge in [0.15, 0.2) is 0 Å². The molecule has 2 aromatic rings. The lowest BCUT2D eigenvalue weighted by atomic mass is 9.94. The van der Waals surface area contributed by atoms with Gasteiger partial charge in [-0.2, -0.15) is 0 Å². The maximum atomic E-state index is 3.73. The molecule has 110 valence electrons. The van der Waals surface area contributed by atoms with E-state index < -0.39 is 0 Å². The van der Waals surface area contributed by atoms with Gasteiger partial charge in [0.05, 0.1) is 6.04 Å². The van der Waals surface area contributed by atoms with Crippen molar-refractivity contribution >= 4 is 22.7 Å². The van der Waals surface area contributed by atoms with E-state index in [-0.39, 0.29) is 0 Å². The fourth-order valence-corrected chi connectivity index (χ4v) is 4.57. The van der Waals surface area contributed by atoms with Gasteiger partial charge in [-0.3, -0.25) is 0 Å². The highest BCUT2D eigenvalue weighted by Crippen LogP contribution is 2.35. The molecule has 1 saturated heterocycles. The molecule has 2 nitrogen and oxygen atoms in total. The summed E-state index contributed by atoms with van der Waals surface area (Å²) in [7, 11) is 0. The Morgan fingerprint density at radius 3 is 2.62 bits per heavy atom. The van der Waals surface area contributed by atoms with Crippen LogP contribution in [0.5, 0.6) is 0 Å². The Kier molecular flexibility index (Phi) is 3.60. The van der Waals surface area contributed by atoms with Gasteiger partial charge in [-0.25, -0.2) is 0 Å². The van der Waals surface area contributed by atoms with E-state index in [4.69, 9.17) is 0 Å². The molecule has 1 aromatic heterocycles. The smallest absolute Gasteiger partial charge is 0.0524 e. The third-order valence-electron chi connectivity index (χ3n) is 4.73. The van der Waals surface area contributed by atoms with Gasteiger partial charge >= 0.3 is 0 Å². The number of rotatable bonds is 3. The molecular formula is C18H22N2S. The summed E-state index contributed by atoms with van der Waals surface area (Å²) in [5, 5.41) is 5.97. The summed E-state index contributed by atoms with van der Waals surface area (Å²) in [6.07, 6.45) is 6.49. The Hall–Kier alpha value is -1.48. The Morgan fingerprint density at radius 1 is 1.00 bits per heavy atom. The molecule has 3 heteroatoms. The van der Waals surface area contributed by atoms with E-state index >= 15 is 0 Å². The Labute approximate surface area is 130 Å². The van der Waals surface area contributed by atoms with E-state index in [1.807, 2.05) is 11.3 Å². The minimum Gasteiger partial charge on any atom is -0.378 e. The molecule has 2 heterocycles. The molecular weight excluding hydrogens is 276 g/mol. The van der Waals surface area contributed by atoms with Crippen molar-refractivity contribution in [1.29, 1.82) is 0 Å². The van der Waals surface area contributed by atoms with Crippen molar-refractivity contribution in [1.82, 2.24) is 0 Å². The standard InChI is InChI=1S/C18H22N2S/c1-2-12-20(11-1)15-8-6-14(7-9-15)19-17-4-3-5-18-16(17)10-13-21-18/h6-10,13,17,19H,1-5,11-12H2. The summed E-state index contributed by atoms with van der Waals surface area (Å²) in [5.41, 5.74) is 4.15. The molecule has 1 unspecified atom stereocenters. The largest absolute Gasteiger partial charge is 0.378 e. The maximum Gasteiger partial charge on any atom is 0.0524 e. The number of thiophene rings is 1. The molecule has 1 fully saturated rings. The summed E-state index contributed by atoms with van der Waals surface area (Å²) in [6.45, 7) is 2.43. The molecule has 1 aromatic carbocycles. The average Bonchev–Trinajstić information content (AvgIpc) is 3.20. The molecule has 1 aliphatic heterocycles. The van der Waals surface area contributed by atoms with E-state index in [2.05, 4.69) is 45.9 Å². The van der Waals surface area contributed by atoms with Crippen LogP contribution in [0.2, 0.25) is 0 Å². The average molecular weight is 298 g/mol. The van der Waals surface area contributed by atoms with Crippen LogP contribution in [0.15, 0.2) is 35.7 Å². The van der Waals surface area contributed by atoms with Crippen molar-refractivity contribution in [2.75, 3.05) is 23.3 Å².